The second-order valence-corrected chi connectivity index (χ2v) is 5.88. The molecule has 0 saturated carbocycles. The van der Waals surface area contributed by atoms with Gasteiger partial charge in [-0.2, -0.15) is 8.78 Å². The van der Waals surface area contributed by atoms with E-state index in [0.29, 0.717) is 23.7 Å². The van der Waals surface area contributed by atoms with E-state index in [1.165, 1.54) is 38.5 Å². The molecule has 152 valence electrons. The summed E-state index contributed by atoms with van der Waals surface area (Å²) in [5.74, 6) is 0.362. The van der Waals surface area contributed by atoms with E-state index < -0.39 is 12.5 Å². The molecule has 2 aromatic rings. The molecule has 0 aromatic heterocycles. The Morgan fingerprint density at radius 2 is 1.82 bits per heavy atom. The Morgan fingerprint density at radius 1 is 1.11 bits per heavy atom. The summed E-state index contributed by atoms with van der Waals surface area (Å²) in [6.45, 7) is -0.618. The average Bonchev–Trinajstić information content (AvgIpc) is 2.67. The molecule has 0 bridgehead atoms. The van der Waals surface area contributed by atoms with E-state index in [4.69, 9.17) is 25.8 Å². The van der Waals surface area contributed by atoms with Crippen molar-refractivity contribution in [1.82, 2.24) is 5.32 Å². The molecule has 0 fully saturated rings. The van der Waals surface area contributed by atoms with Gasteiger partial charge < -0.3 is 24.3 Å². The van der Waals surface area contributed by atoms with E-state index >= 15 is 0 Å². The van der Waals surface area contributed by atoms with E-state index in [2.05, 4.69) is 10.1 Å². The van der Waals surface area contributed by atoms with Crippen molar-refractivity contribution in [3.63, 3.8) is 0 Å². The number of halogens is 3. The standard InChI is InChI=1S/C19H20ClF2NO5/c1-4-27-17-13(20)8-12(9-16(17)26-3)18(24)23-10-11-5-6-14(28-19(21)22)15(7-11)25-2/h5-9,19H,4,10H2,1-3H3,(H,23,24). The zero-order chi connectivity index (χ0) is 20.7. The first-order chi connectivity index (χ1) is 13.4. The van der Waals surface area contributed by atoms with Gasteiger partial charge in [0.15, 0.2) is 23.0 Å². The minimum absolute atomic E-state index is 0.0874. The van der Waals surface area contributed by atoms with Gasteiger partial charge in [-0.25, -0.2) is 0 Å². The summed E-state index contributed by atoms with van der Waals surface area (Å²) in [6.07, 6.45) is 0. The van der Waals surface area contributed by atoms with Gasteiger partial charge in [0.25, 0.3) is 5.91 Å². The number of ether oxygens (including phenoxy) is 4. The van der Waals surface area contributed by atoms with E-state index in [9.17, 15) is 13.6 Å². The molecule has 2 aromatic carbocycles. The van der Waals surface area contributed by atoms with E-state index in [-0.39, 0.29) is 28.6 Å². The van der Waals surface area contributed by atoms with Crippen molar-refractivity contribution in [3.8, 4) is 23.0 Å². The highest BCUT2D eigenvalue weighted by atomic mass is 35.5. The number of rotatable bonds is 9. The lowest BCUT2D eigenvalue weighted by Gasteiger charge is -2.14. The molecule has 0 saturated heterocycles. The fourth-order valence-corrected chi connectivity index (χ4v) is 2.70. The van der Waals surface area contributed by atoms with Gasteiger partial charge in [-0.3, -0.25) is 4.79 Å². The van der Waals surface area contributed by atoms with Crippen LogP contribution in [0.15, 0.2) is 30.3 Å². The van der Waals surface area contributed by atoms with Crippen LogP contribution in [0.1, 0.15) is 22.8 Å². The van der Waals surface area contributed by atoms with Crippen LogP contribution in [0.25, 0.3) is 0 Å². The Balaban J connectivity index is 2.12. The van der Waals surface area contributed by atoms with Crippen molar-refractivity contribution in [1.29, 1.82) is 0 Å². The van der Waals surface area contributed by atoms with Crippen LogP contribution in [0.3, 0.4) is 0 Å². The van der Waals surface area contributed by atoms with Crippen LogP contribution in [0.2, 0.25) is 5.02 Å². The molecule has 0 heterocycles. The zero-order valence-corrected chi connectivity index (χ0v) is 16.3. The number of carbonyl (C=O) groups is 1. The molecule has 0 atom stereocenters. The van der Waals surface area contributed by atoms with E-state index in [1.54, 1.807) is 6.07 Å². The molecular formula is C19H20ClF2NO5. The summed E-state index contributed by atoms with van der Waals surface area (Å²) in [5.41, 5.74) is 0.922. The van der Waals surface area contributed by atoms with Gasteiger partial charge in [0.1, 0.15) is 0 Å². The molecule has 1 amide bonds. The largest absolute Gasteiger partial charge is 0.493 e. The van der Waals surface area contributed by atoms with Crippen molar-refractivity contribution in [2.75, 3.05) is 20.8 Å². The summed E-state index contributed by atoms with van der Waals surface area (Å²) >= 11 is 6.18. The number of benzene rings is 2. The summed E-state index contributed by atoms with van der Waals surface area (Å²) in [6, 6.07) is 7.40. The second-order valence-electron chi connectivity index (χ2n) is 5.47. The molecule has 6 nitrogen and oxygen atoms in total. The van der Waals surface area contributed by atoms with Gasteiger partial charge in [-0.1, -0.05) is 17.7 Å². The maximum atomic E-state index is 12.5. The first-order valence-electron chi connectivity index (χ1n) is 8.29. The molecule has 0 unspecified atom stereocenters. The minimum atomic E-state index is -2.96. The van der Waals surface area contributed by atoms with Gasteiger partial charge in [0, 0.05) is 12.1 Å². The van der Waals surface area contributed by atoms with Gasteiger partial charge in [0.05, 0.1) is 25.8 Å². The molecule has 1 N–H and O–H groups in total. The molecule has 0 radical (unpaired) electrons. The monoisotopic (exact) mass is 415 g/mol. The topological polar surface area (TPSA) is 66.0 Å². The van der Waals surface area contributed by atoms with Crippen LogP contribution in [-0.2, 0) is 6.54 Å². The van der Waals surface area contributed by atoms with Crippen molar-refractivity contribution in [2.45, 2.75) is 20.1 Å². The third-order valence-electron chi connectivity index (χ3n) is 3.68. The number of hydrogen-bond donors (Lipinski definition) is 1. The molecule has 0 aliphatic rings. The molecule has 0 aliphatic heterocycles. The molecule has 0 spiro atoms. The van der Waals surface area contributed by atoms with Gasteiger partial charge in [0.2, 0.25) is 0 Å². The van der Waals surface area contributed by atoms with Crippen LogP contribution in [0, 0.1) is 0 Å². The average molecular weight is 416 g/mol. The number of amides is 1. The Bertz CT molecular complexity index is 832. The lowest BCUT2D eigenvalue weighted by Crippen LogP contribution is -2.23. The zero-order valence-electron chi connectivity index (χ0n) is 15.6. The molecule has 9 heteroatoms. The molecule has 0 aliphatic carbocycles. The number of methoxy groups -OCH3 is 2. The SMILES string of the molecule is CCOc1c(Cl)cc(C(=O)NCc2ccc(OC(F)F)c(OC)c2)cc1OC. The van der Waals surface area contributed by atoms with Crippen molar-refractivity contribution in [2.24, 2.45) is 0 Å². The van der Waals surface area contributed by atoms with Crippen molar-refractivity contribution < 1.29 is 32.5 Å². The number of alkyl halides is 2. The predicted octanol–water partition coefficient (Wildman–Crippen LogP) is 4.29. The van der Waals surface area contributed by atoms with Crippen LogP contribution in [-0.4, -0.2) is 33.3 Å². The summed E-state index contributed by atoms with van der Waals surface area (Å²) < 4.78 is 44.8. The normalized spacial score (nSPS) is 10.5. The second kappa shape index (κ2) is 9.98. The fourth-order valence-electron chi connectivity index (χ4n) is 2.44. The van der Waals surface area contributed by atoms with E-state index in [0.717, 1.165) is 0 Å². The Labute approximate surface area is 166 Å². The third kappa shape index (κ3) is 5.39. The fraction of sp³-hybridized carbons (Fsp3) is 0.316. The molecular weight excluding hydrogens is 396 g/mol. The summed E-state index contributed by atoms with van der Waals surface area (Å²) in [5, 5.41) is 2.97. The highest BCUT2D eigenvalue weighted by molar-refractivity contribution is 6.32. The van der Waals surface area contributed by atoms with Gasteiger partial charge in [-0.05, 0) is 36.8 Å². The number of nitrogens with one attached hydrogen (secondary N) is 1. The lowest BCUT2D eigenvalue weighted by molar-refractivity contribution is -0.0512. The van der Waals surface area contributed by atoms with Crippen LogP contribution < -0.4 is 24.3 Å². The van der Waals surface area contributed by atoms with Gasteiger partial charge >= 0.3 is 6.61 Å². The third-order valence-corrected chi connectivity index (χ3v) is 3.96. The maximum absolute atomic E-state index is 12.5. The van der Waals surface area contributed by atoms with Crippen molar-refractivity contribution >= 4 is 17.5 Å². The van der Waals surface area contributed by atoms with Crippen LogP contribution in [0.5, 0.6) is 23.0 Å². The first kappa shape index (κ1) is 21.6. The predicted molar refractivity (Wildman–Crippen MR) is 100.0 cm³/mol. The summed E-state index contributed by atoms with van der Waals surface area (Å²) in [4.78, 5) is 12.5. The highest BCUT2D eigenvalue weighted by Crippen LogP contribution is 2.36. The Kier molecular flexibility index (Phi) is 7.69. The van der Waals surface area contributed by atoms with E-state index in [1.807, 2.05) is 6.92 Å². The quantitative estimate of drug-likeness (QED) is 0.662. The molecule has 2 rings (SSSR count). The first-order valence-corrected chi connectivity index (χ1v) is 8.67. The van der Waals surface area contributed by atoms with Crippen LogP contribution in [0.4, 0.5) is 8.78 Å². The number of hydrogen-bond acceptors (Lipinski definition) is 5. The molecule has 28 heavy (non-hydrogen) atoms. The maximum Gasteiger partial charge on any atom is 0.387 e. The lowest BCUT2D eigenvalue weighted by atomic mass is 10.1. The Morgan fingerprint density at radius 3 is 2.43 bits per heavy atom. The van der Waals surface area contributed by atoms with Gasteiger partial charge in [-0.15, -0.1) is 0 Å². The number of carbonyl (C=O) groups excluding carboxylic acids is 1. The summed E-state index contributed by atoms with van der Waals surface area (Å²) in [7, 11) is 2.79. The smallest absolute Gasteiger partial charge is 0.387 e. The van der Waals surface area contributed by atoms with Crippen LogP contribution >= 0.6 is 11.6 Å². The van der Waals surface area contributed by atoms with Crippen molar-refractivity contribution in [3.05, 3.63) is 46.5 Å². The minimum Gasteiger partial charge on any atom is -0.493 e. The Hall–Kier alpha value is -2.74. The highest BCUT2D eigenvalue weighted by Gasteiger charge is 2.16.